The number of nitrogens with one attached hydrogen (secondary N) is 2. The highest BCUT2D eigenvalue weighted by Crippen LogP contribution is 2.32. The minimum atomic E-state index is -0.625. The van der Waals surface area contributed by atoms with Crippen LogP contribution in [0.25, 0.3) is 11.1 Å². The molecule has 1 amide bonds. The lowest BCUT2D eigenvalue weighted by molar-refractivity contribution is 0.0408. The number of hydrogen-bond donors (Lipinski definition) is 2. The third-order valence-electron chi connectivity index (χ3n) is 4.90. The van der Waals surface area contributed by atoms with Gasteiger partial charge in [0.05, 0.1) is 10.6 Å². The third-order valence-corrected chi connectivity index (χ3v) is 5.88. The van der Waals surface area contributed by atoms with Crippen LogP contribution in [0.1, 0.15) is 48.0 Å². The van der Waals surface area contributed by atoms with Gasteiger partial charge in [-0.3, -0.25) is 0 Å². The Morgan fingerprint density at radius 3 is 2.46 bits per heavy atom. The van der Waals surface area contributed by atoms with Gasteiger partial charge in [0, 0.05) is 17.8 Å². The van der Waals surface area contributed by atoms with Crippen LogP contribution in [-0.4, -0.2) is 33.8 Å². The second-order valence-electron chi connectivity index (χ2n) is 10.1. The van der Waals surface area contributed by atoms with Crippen LogP contribution >= 0.6 is 22.9 Å². The summed E-state index contributed by atoms with van der Waals surface area (Å²) in [7, 11) is 0. The van der Waals surface area contributed by atoms with Gasteiger partial charge in [0.25, 0.3) is 0 Å². The highest BCUT2D eigenvalue weighted by atomic mass is 35.5. The van der Waals surface area contributed by atoms with Crippen molar-refractivity contribution in [2.45, 2.75) is 59.1 Å². The van der Waals surface area contributed by atoms with Gasteiger partial charge in [-0.05, 0) is 75.4 Å². The Hall–Kier alpha value is -2.84. The number of benzene rings is 1. The summed E-state index contributed by atoms with van der Waals surface area (Å²) in [4.78, 5) is 21.0. The molecule has 35 heavy (non-hydrogen) atoms. The van der Waals surface area contributed by atoms with Gasteiger partial charge in [-0.25, -0.2) is 14.8 Å². The van der Waals surface area contributed by atoms with Crippen LogP contribution in [0.4, 0.5) is 15.7 Å². The van der Waals surface area contributed by atoms with Crippen LogP contribution in [0.3, 0.4) is 0 Å². The Balaban J connectivity index is 1.71. The van der Waals surface area contributed by atoms with E-state index >= 15 is 0 Å². The van der Waals surface area contributed by atoms with Crippen molar-refractivity contribution in [3.8, 4) is 16.9 Å². The number of thiazole rings is 1. The van der Waals surface area contributed by atoms with Crippen LogP contribution in [-0.2, 0) is 4.74 Å². The lowest BCUT2D eigenvalue weighted by atomic mass is 9.91. The van der Waals surface area contributed by atoms with Crippen molar-refractivity contribution in [3.05, 3.63) is 53.1 Å². The fourth-order valence-corrected chi connectivity index (χ4v) is 4.48. The average Bonchev–Trinajstić information content (AvgIpc) is 3.24. The first-order valence-corrected chi connectivity index (χ1v) is 12.7. The molecule has 0 saturated heterocycles. The molecule has 3 rings (SSSR count). The largest absolute Gasteiger partial charge is 0.490 e. The maximum Gasteiger partial charge on any atom is 0.408 e. The number of hydrogen-bond acceptors (Lipinski definition) is 7. The number of anilines is 2. The average molecular weight is 517 g/mol. The first-order chi connectivity index (χ1) is 16.4. The molecule has 0 aliphatic carbocycles. The Bertz CT molecular complexity index is 1130. The quantitative estimate of drug-likeness (QED) is 0.310. The Morgan fingerprint density at radius 2 is 1.83 bits per heavy atom. The number of rotatable bonds is 9. The first-order valence-electron chi connectivity index (χ1n) is 11.5. The zero-order chi connectivity index (χ0) is 25.6. The maximum atomic E-state index is 12.4. The van der Waals surface area contributed by atoms with E-state index in [9.17, 15) is 4.79 Å². The number of carbonyl (C=O) groups is 1. The van der Waals surface area contributed by atoms with Crippen LogP contribution in [0.15, 0.2) is 48.1 Å². The van der Waals surface area contributed by atoms with Gasteiger partial charge in [-0.1, -0.05) is 31.5 Å². The summed E-state index contributed by atoms with van der Waals surface area (Å²) in [6, 6.07) is 9.52. The van der Waals surface area contributed by atoms with E-state index in [-0.39, 0.29) is 6.61 Å². The smallest absolute Gasteiger partial charge is 0.408 e. The van der Waals surface area contributed by atoms with Gasteiger partial charge in [0.15, 0.2) is 5.13 Å². The lowest BCUT2D eigenvalue weighted by Crippen LogP contribution is -2.52. The summed E-state index contributed by atoms with van der Waals surface area (Å²) in [5.41, 5.74) is 0.693. The molecule has 0 aliphatic rings. The highest BCUT2D eigenvalue weighted by Gasteiger charge is 2.31. The molecule has 0 spiro atoms. The van der Waals surface area contributed by atoms with Crippen molar-refractivity contribution in [3.63, 3.8) is 0 Å². The topological polar surface area (TPSA) is 85.4 Å². The van der Waals surface area contributed by atoms with Crippen LogP contribution in [0.2, 0.25) is 5.02 Å². The molecule has 9 heteroatoms. The molecule has 2 aromatic heterocycles. The van der Waals surface area contributed by atoms with Crippen molar-refractivity contribution in [2.24, 2.45) is 5.92 Å². The van der Waals surface area contributed by atoms with Gasteiger partial charge >= 0.3 is 6.09 Å². The molecule has 0 unspecified atom stereocenters. The Kier molecular flexibility index (Phi) is 8.61. The standard InChI is InChI=1S/C26H33ClN4O3S/c1-17(2)15-26(6,31-24(32)34-25(3,4)5)16-33-21-8-7-18(13-20(21)27)19-9-10-28-22(14-19)30-23-29-11-12-35-23/h7-14,17H,15-16H2,1-6H3,(H,31,32)(H,28,29,30)/t26-/m0/s1. The molecule has 7 nitrogen and oxygen atoms in total. The molecular weight excluding hydrogens is 484 g/mol. The summed E-state index contributed by atoms with van der Waals surface area (Å²) >= 11 is 8.09. The molecule has 1 atom stereocenters. The van der Waals surface area contributed by atoms with Crippen molar-refractivity contribution in [1.82, 2.24) is 15.3 Å². The van der Waals surface area contributed by atoms with Gasteiger partial charge < -0.3 is 20.1 Å². The van der Waals surface area contributed by atoms with E-state index in [1.807, 2.05) is 63.4 Å². The fraction of sp³-hybridized carbons (Fsp3) is 0.423. The molecule has 0 saturated carbocycles. The minimum absolute atomic E-state index is 0.251. The molecular formula is C26H33ClN4O3S. The van der Waals surface area contributed by atoms with Gasteiger partial charge in [-0.15, -0.1) is 11.3 Å². The predicted octanol–water partition coefficient (Wildman–Crippen LogP) is 7.31. The van der Waals surface area contributed by atoms with Crippen molar-refractivity contribution in [2.75, 3.05) is 11.9 Å². The summed E-state index contributed by atoms with van der Waals surface area (Å²) in [6.45, 7) is 11.9. The maximum absolute atomic E-state index is 12.4. The van der Waals surface area contributed by atoms with Gasteiger partial charge in [0.2, 0.25) is 0 Å². The van der Waals surface area contributed by atoms with Crippen LogP contribution in [0, 0.1) is 5.92 Å². The van der Waals surface area contributed by atoms with E-state index in [1.54, 1.807) is 12.4 Å². The number of alkyl carbamates (subject to hydrolysis) is 1. The molecule has 1 aromatic carbocycles. The normalized spacial score (nSPS) is 13.3. The lowest BCUT2D eigenvalue weighted by Gasteiger charge is -2.33. The second-order valence-corrected chi connectivity index (χ2v) is 11.4. The summed E-state index contributed by atoms with van der Waals surface area (Å²) in [5.74, 6) is 1.59. The van der Waals surface area contributed by atoms with E-state index in [4.69, 9.17) is 21.1 Å². The van der Waals surface area contributed by atoms with Gasteiger partial charge in [-0.2, -0.15) is 0 Å². The fourth-order valence-electron chi connectivity index (χ4n) is 3.70. The SMILES string of the molecule is CC(C)C[C@@](C)(COc1ccc(-c2ccnc(Nc3nccs3)c2)cc1Cl)NC(=O)OC(C)(C)C. The van der Waals surface area contributed by atoms with E-state index in [0.717, 1.165) is 16.3 Å². The van der Waals surface area contributed by atoms with Crippen molar-refractivity contribution in [1.29, 1.82) is 0 Å². The molecule has 0 fully saturated rings. The third kappa shape index (κ3) is 8.40. The molecule has 2 heterocycles. The zero-order valence-corrected chi connectivity index (χ0v) is 22.6. The number of aromatic nitrogens is 2. The zero-order valence-electron chi connectivity index (χ0n) is 21.0. The molecule has 0 radical (unpaired) electrons. The van der Waals surface area contributed by atoms with E-state index in [1.165, 1.54) is 11.3 Å². The number of ether oxygens (including phenoxy) is 2. The summed E-state index contributed by atoms with van der Waals surface area (Å²) in [5, 5.41) is 9.35. The Labute approximate surface area is 216 Å². The number of amides is 1. The first kappa shape index (κ1) is 26.8. The number of halogens is 1. The molecule has 188 valence electrons. The van der Waals surface area contributed by atoms with Crippen molar-refractivity contribution < 1.29 is 14.3 Å². The second kappa shape index (κ2) is 11.3. The minimum Gasteiger partial charge on any atom is -0.490 e. The number of pyridine rings is 1. The molecule has 3 aromatic rings. The van der Waals surface area contributed by atoms with Crippen LogP contribution in [0.5, 0.6) is 5.75 Å². The number of nitrogens with zero attached hydrogens (tertiary/aromatic N) is 2. The number of carbonyl (C=O) groups excluding carboxylic acids is 1. The molecule has 0 bridgehead atoms. The van der Waals surface area contributed by atoms with Gasteiger partial charge in [0.1, 0.15) is 23.8 Å². The summed E-state index contributed by atoms with van der Waals surface area (Å²) in [6.07, 6.45) is 3.73. The van der Waals surface area contributed by atoms with Crippen LogP contribution < -0.4 is 15.4 Å². The van der Waals surface area contributed by atoms with E-state index < -0.39 is 17.2 Å². The van der Waals surface area contributed by atoms with E-state index in [2.05, 4.69) is 34.4 Å². The highest BCUT2D eigenvalue weighted by molar-refractivity contribution is 7.13. The Morgan fingerprint density at radius 1 is 1.09 bits per heavy atom. The molecule has 0 aliphatic heterocycles. The predicted molar refractivity (Wildman–Crippen MR) is 143 cm³/mol. The van der Waals surface area contributed by atoms with E-state index in [0.29, 0.717) is 28.9 Å². The van der Waals surface area contributed by atoms with Crippen molar-refractivity contribution >= 4 is 40.0 Å². The summed E-state index contributed by atoms with van der Waals surface area (Å²) < 4.78 is 11.5. The molecule has 2 N–H and O–H groups in total. The monoisotopic (exact) mass is 516 g/mol.